The average Bonchev–Trinajstić information content (AvgIpc) is 3.00. The van der Waals surface area contributed by atoms with E-state index in [0.717, 1.165) is 56.0 Å². The van der Waals surface area contributed by atoms with Crippen molar-refractivity contribution in [2.75, 3.05) is 26.2 Å². The van der Waals surface area contributed by atoms with Gasteiger partial charge in [0.15, 0.2) is 0 Å². The summed E-state index contributed by atoms with van der Waals surface area (Å²) < 4.78 is 15.2. The highest BCUT2D eigenvalue weighted by Gasteiger charge is 2.22. The molecule has 1 fully saturated rings. The number of nitrogens with zero attached hydrogens (tertiary/aromatic N) is 2. The maximum atomic E-state index is 13.2. The van der Waals surface area contributed by atoms with E-state index in [9.17, 15) is 14.0 Å². The molecule has 1 aliphatic rings. The van der Waals surface area contributed by atoms with Crippen LogP contribution < -0.4 is 11.1 Å². The lowest BCUT2D eigenvalue weighted by Crippen LogP contribution is -2.39. The van der Waals surface area contributed by atoms with E-state index in [-0.39, 0.29) is 23.5 Å². The Kier molecular flexibility index (Phi) is 6.69. The predicted octanol–water partition coefficient (Wildman–Crippen LogP) is 2.55. The average molecular weight is 400 g/mol. The number of rotatable bonds is 7. The Morgan fingerprint density at radius 1 is 1.17 bits per heavy atom. The highest BCUT2D eigenvalue weighted by atomic mass is 19.1. The van der Waals surface area contributed by atoms with Gasteiger partial charge in [-0.1, -0.05) is 0 Å². The lowest BCUT2D eigenvalue weighted by Gasteiger charge is -2.30. The van der Waals surface area contributed by atoms with Gasteiger partial charge in [0.25, 0.3) is 5.91 Å². The summed E-state index contributed by atoms with van der Waals surface area (Å²) in [4.78, 5) is 26.2. The molecule has 2 heterocycles. The third-order valence-electron chi connectivity index (χ3n) is 5.69. The Morgan fingerprint density at radius 2 is 1.83 bits per heavy atom. The zero-order valence-corrected chi connectivity index (χ0v) is 17.1. The fraction of sp³-hybridized carbons (Fsp3) is 0.455. The fourth-order valence-corrected chi connectivity index (χ4v) is 4.02. The van der Waals surface area contributed by atoms with Gasteiger partial charge in [-0.15, -0.1) is 0 Å². The molecule has 7 heteroatoms. The molecule has 2 aromatic rings. The van der Waals surface area contributed by atoms with Crippen molar-refractivity contribution in [3.63, 3.8) is 0 Å². The van der Waals surface area contributed by atoms with Crippen molar-refractivity contribution in [1.29, 1.82) is 0 Å². The standard InChI is InChI=1S/C22H29FN4O2/c1-15-14-20(16(2)27(15)19-6-4-18(23)5-7-19)22(29)25-10-3-11-26-12-8-17(9-13-26)21(24)28/h4-7,14,17H,3,8-13H2,1-2H3,(H2,24,28)(H,25,29). The van der Waals surface area contributed by atoms with Crippen LogP contribution in [0.1, 0.15) is 41.0 Å². The third kappa shape index (κ3) is 5.03. The number of likely N-dealkylation sites (tertiary alicyclic amines) is 1. The highest BCUT2D eigenvalue weighted by molar-refractivity contribution is 5.95. The number of benzene rings is 1. The molecule has 1 aliphatic heterocycles. The van der Waals surface area contributed by atoms with Crippen LogP contribution in [0.3, 0.4) is 0 Å². The van der Waals surface area contributed by atoms with Crippen molar-refractivity contribution in [3.05, 3.63) is 53.1 Å². The molecule has 2 amide bonds. The number of carbonyl (C=O) groups is 2. The molecule has 156 valence electrons. The first kappa shape index (κ1) is 21.0. The Bertz CT molecular complexity index is 868. The molecular formula is C22H29FN4O2. The van der Waals surface area contributed by atoms with Crippen molar-refractivity contribution in [2.45, 2.75) is 33.1 Å². The number of halogens is 1. The van der Waals surface area contributed by atoms with Gasteiger partial charge in [-0.3, -0.25) is 9.59 Å². The van der Waals surface area contributed by atoms with Crippen molar-refractivity contribution in [3.8, 4) is 5.69 Å². The molecule has 3 N–H and O–H groups in total. The Hall–Kier alpha value is -2.67. The van der Waals surface area contributed by atoms with Gasteiger partial charge in [0.05, 0.1) is 5.56 Å². The minimum absolute atomic E-state index is 0.00214. The number of primary amides is 1. The third-order valence-corrected chi connectivity index (χ3v) is 5.69. The number of nitrogens with two attached hydrogens (primary N) is 1. The lowest BCUT2D eigenvalue weighted by atomic mass is 9.96. The van der Waals surface area contributed by atoms with E-state index in [0.29, 0.717) is 12.1 Å². The molecule has 3 rings (SSSR count). The normalized spacial score (nSPS) is 15.4. The van der Waals surface area contributed by atoms with Crippen LogP contribution in [0.2, 0.25) is 0 Å². The van der Waals surface area contributed by atoms with E-state index in [4.69, 9.17) is 5.73 Å². The number of aryl methyl sites for hydroxylation is 1. The van der Waals surface area contributed by atoms with Gasteiger partial charge in [0.1, 0.15) is 5.82 Å². The zero-order valence-electron chi connectivity index (χ0n) is 17.1. The summed E-state index contributed by atoms with van der Waals surface area (Å²) in [5.74, 6) is -0.579. The Morgan fingerprint density at radius 3 is 2.45 bits per heavy atom. The maximum absolute atomic E-state index is 13.2. The van der Waals surface area contributed by atoms with Crippen LogP contribution in [0, 0.1) is 25.6 Å². The van der Waals surface area contributed by atoms with Crippen LogP contribution in [0.25, 0.3) is 5.69 Å². The number of aromatic nitrogens is 1. The first-order valence-corrected chi connectivity index (χ1v) is 10.1. The van der Waals surface area contributed by atoms with Gasteiger partial charge in [0.2, 0.25) is 5.91 Å². The molecule has 0 aliphatic carbocycles. The second-order valence-electron chi connectivity index (χ2n) is 7.72. The molecule has 0 atom stereocenters. The summed E-state index contributed by atoms with van der Waals surface area (Å²) in [7, 11) is 0. The summed E-state index contributed by atoms with van der Waals surface area (Å²) in [6.45, 7) is 7.06. The minimum atomic E-state index is -0.284. The summed E-state index contributed by atoms with van der Waals surface area (Å²) in [5, 5.41) is 2.99. The Balaban J connectivity index is 1.51. The van der Waals surface area contributed by atoms with Gasteiger partial charge in [-0.25, -0.2) is 4.39 Å². The lowest BCUT2D eigenvalue weighted by molar-refractivity contribution is -0.123. The summed E-state index contributed by atoms with van der Waals surface area (Å²) in [5.41, 5.74) is 8.60. The van der Waals surface area contributed by atoms with Crippen LogP contribution in [-0.4, -0.2) is 47.5 Å². The number of amides is 2. The Labute approximate surface area is 170 Å². The van der Waals surface area contributed by atoms with E-state index in [1.807, 2.05) is 24.5 Å². The predicted molar refractivity (Wildman–Crippen MR) is 111 cm³/mol. The van der Waals surface area contributed by atoms with Crippen molar-refractivity contribution in [2.24, 2.45) is 11.7 Å². The molecule has 0 radical (unpaired) electrons. The van der Waals surface area contributed by atoms with E-state index in [1.54, 1.807) is 12.1 Å². The van der Waals surface area contributed by atoms with Gasteiger partial charge in [-0.05, 0) is 83.1 Å². The molecular weight excluding hydrogens is 371 g/mol. The van der Waals surface area contributed by atoms with Crippen molar-refractivity contribution >= 4 is 11.8 Å². The summed E-state index contributed by atoms with van der Waals surface area (Å²) in [6.07, 6.45) is 2.48. The van der Waals surface area contributed by atoms with Gasteiger partial charge >= 0.3 is 0 Å². The molecule has 0 saturated carbocycles. The molecule has 0 spiro atoms. The first-order valence-electron chi connectivity index (χ1n) is 10.1. The molecule has 29 heavy (non-hydrogen) atoms. The number of hydrogen-bond acceptors (Lipinski definition) is 3. The van der Waals surface area contributed by atoms with E-state index in [1.165, 1.54) is 12.1 Å². The molecule has 1 saturated heterocycles. The van der Waals surface area contributed by atoms with Gasteiger partial charge in [0, 0.05) is 29.5 Å². The number of piperidine rings is 1. The van der Waals surface area contributed by atoms with Crippen molar-refractivity contribution < 1.29 is 14.0 Å². The van der Waals surface area contributed by atoms with E-state index >= 15 is 0 Å². The van der Waals surface area contributed by atoms with Crippen LogP contribution in [0.15, 0.2) is 30.3 Å². The van der Waals surface area contributed by atoms with Gasteiger partial charge < -0.3 is 20.5 Å². The largest absolute Gasteiger partial charge is 0.369 e. The smallest absolute Gasteiger partial charge is 0.253 e. The SMILES string of the molecule is Cc1cc(C(=O)NCCCN2CCC(C(N)=O)CC2)c(C)n1-c1ccc(F)cc1. The van der Waals surface area contributed by atoms with Crippen LogP contribution in [0.5, 0.6) is 0 Å². The van der Waals surface area contributed by atoms with Gasteiger partial charge in [-0.2, -0.15) is 0 Å². The zero-order chi connectivity index (χ0) is 21.0. The number of carbonyl (C=O) groups excluding carboxylic acids is 2. The minimum Gasteiger partial charge on any atom is -0.369 e. The monoisotopic (exact) mass is 400 g/mol. The first-order chi connectivity index (χ1) is 13.9. The topological polar surface area (TPSA) is 80.4 Å². The summed E-state index contributed by atoms with van der Waals surface area (Å²) in [6, 6.07) is 8.11. The van der Waals surface area contributed by atoms with E-state index in [2.05, 4.69) is 10.2 Å². The van der Waals surface area contributed by atoms with E-state index < -0.39 is 0 Å². The summed E-state index contributed by atoms with van der Waals surface area (Å²) >= 11 is 0. The molecule has 6 nitrogen and oxygen atoms in total. The molecule has 1 aromatic carbocycles. The molecule has 0 unspecified atom stereocenters. The quantitative estimate of drug-likeness (QED) is 0.701. The fourth-order valence-electron chi connectivity index (χ4n) is 4.02. The second-order valence-corrected chi connectivity index (χ2v) is 7.72. The molecule has 0 bridgehead atoms. The number of hydrogen-bond donors (Lipinski definition) is 2. The van der Waals surface area contributed by atoms with Crippen LogP contribution >= 0.6 is 0 Å². The number of nitrogens with one attached hydrogen (secondary N) is 1. The van der Waals surface area contributed by atoms with Crippen LogP contribution in [0.4, 0.5) is 4.39 Å². The van der Waals surface area contributed by atoms with Crippen LogP contribution in [-0.2, 0) is 4.79 Å². The molecule has 1 aromatic heterocycles. The second kappa shape index (κ2) is 9.22. The van der Waals surface area contributed by atoms with Crippen molar-refractivity contribution in [1.82, 2.24) is 14.8 Å². The highest BCUT2D eigenvalue weighted by Crippen LogP contribution is 2.21. The maximum Gasteiger partial charge on any atom is 0.253 e.